The van der Waals surface area contributed by atoms with Crippen LogP contribution in [0.15, 0.2) is 53.7 Å². The molecule has 4 rings (SSSR count). The Morgan fingerprint density at radius 1 is 1.10 bits per heavy atom. The number of rotatable bonds is 3. The maximum atomic E-state index is 14.0. The monoisotopic (exact) mass is 425 g/mol. The second kappa shape index (κ2) is 8.21. The van der Waals surface area contributed by atoms with Crippen LogP contribution in [-0.2, 0) is 15.1 Å². The number of hydroxylamine groups is 2. The molecule has 0 saturated heterocycles. The molecule has 0 radical (unpaired) electrons. The molecular formula is C24H28FN3O3. The van der Waals surface area contributed by atoms with Gasteiger partial charge in [0.25, 0.3) is 0 Å². The van der Waals surface area contributed by atoms with E-state index in [-0.39, 0.29) is 11.1 Å². The minimum absolute atomic E-state index is 0.0208. The first-order chi connectivity index (χ1) is 14.8. The Morgan fingerprint density at radius 2 is 1.77 bits per heavy atom. The van der Waals surface area contributed by atoms with E-state index in [0.29, 0.717) is 18.7 Å². The first-order valence-electron chi connectivity index (χ1n) is 10.7. The predicted octanol–water partition coefficient (Wildman–Crippen LogP) is 5.94. The quantitative estimate of drug-likeness (QED) is 0.661. The molecule has 1 N–H and O–H groups in total. The highest BCUT2D eigenvalue weighted by Gasteiger charge is 2.50. The number of benzene rings is 2. The van der Waals surface area contributed by atoms with Crippen LogP contribution in [-0.4, -0.2) is 22.7 Å². The Balaban J connectivity index is 1.59. The van der Waals surface area contributed by atoms with Gasteiger partial charge in [0.2, 0.25) is 11.6 Å². The maximum absolute atomic E-state index is 14.0. The van der Waals surface area contributed by atoms with Crippen LogP contribution in [0.4, 0.5) is 14.9 Å². The third-order valence-corrected chi connectivity index (χ3v) is 5.79. The van der Waals surface area contributed by atoms with E-state index < -0.39 is 17.6 Å². The van der Waals surface area contributed by atoms with Crippen molar-refractivity contribution >= 4 is 17.6 Å². The number of halogens is 1. The van der Waals surface area contributed by atoms with Gasteiger partial charge in [-0.25, -0.2) is 9.18 Å². The molecule has 164 valence electrons. The Kier molecular flexibility index (Phi) is 5.60. The topological polar surface area (TPSA) is 63.2 Å². The van der Waals surface area contributed by atoms with Crippen LogP contribution in [0.25, 0.3) is 0 Å². The number of nitrogens with zero attached hydrogens (tertiary/aromatic N) is 2. The van der Waals surface area contributed by atoms with Gasteiger partial charge in [-0.2, -0.15) is 0 Å². The molecule has 7 heteroatoms. The van der Waals surface area contributed by atoms with Crippen molar-refractivity contribution in [3.63, 3.8) is 0 Å². The molecule has 2 aromatic carbocycles. The van der Waals surface area contributed by atoms with E-state index in [4.69, 9.17) is 9.68 Å². The van der Waals surface area contributed by atoms with Gasteiger partial charge in [-0.1, -0.05) is 68.7 Å². The largest absolute Gasteiger partial charge is 0.436 e. The standard InChI is InChI=1S/C24H28FN3O3/c1-23(2,3)18-13-11-17(12-14-18)21-27-31-24(15-7-4-8-16-24)28(21)30-22(29)26-20-10-6-5-9-19(20)25/h5-6,9-14H,4,7-8,15-16H2,1-3H3,(H,26,29). The number of oxime groups is 1. The van der Waals surface area contributed by atoms with Gasteiger partial charge in [0.15, 0.2) is 0 Å². The predicted molar refractivity (Wildman–Crippen MR) is 117 cm³/mol. The average Bonchev–Trinajstić information content (AvgIpc) is 3.07. The zero-order chi connectivity index (χ0) is 22.1. The van der Waals surface area contributed by atoms with Crippen molar-refractivity contribution in [3.05, 3.63) is 65.5 Å². The Bertz CT molecular complexity index is 976. The second-order valence-electron chi connectivity index (χ2n) is 9.12. The van der Waals surface area contributed by atoms with Crippen LogP contribution < -0.4 is 5.32 Å². The molecule has 1 saturated carbocycles. The molecule has 1 fully saturated rings. The fourth-order valence-electron chi connectivity index (χ4n) is 3.99. The van der Waals surface area contributed by atoms with E-state index in [1.165, 1.54) is 22.8 Å². The van der Waals surface area contributed by atoms with Gasteiger partial charge in [0.1, 0.15) is 5.82 Å². The summed E-state index contributed by atoms with van der Waals surface area (Å²) in [6.07, 6.45) is 3.57. The molecule has 2 aliphatic rings. The average molecular weight is 426 g/mol. The lowest BCUT2D eigenvalue weighted by molar-refractivity contribution is -0.224. The third kappa shape index (κ3) is 4.36. The summed E-state index contributed by atoms with van der Waals surface area (Å²) in [4.78, 5) is 24.2. The van der Waals surface area contributed by atoms with Gasteiger partial charge in [-0.3, -0.25) is 5.32 Å². The highest BCUT2D eigenvalue weighted by molar-refractivity contribution is 6.00. The molecule has 1 aliphatic heterocycles. The van der Waals surface area contributed by atoms with Crippen LogP contribution in [0.5, 0.6) is 0 Å². The van der Waals surface area contributed by atoms with Crippen molar-refractivity contribution < 1.29 is 18.9 Å². The van der Waals surface area contributed by atoms with Crippen LogP contribution in [0.3, 0.4) is 0 Å². The van der Waals surface area contributed by atoms with Gasteiger partial charge >= 0.3 is 6.09 Å². The van der Waals surface area contributed by atoms with Crippen LogP contribution >= 0.6 is 0 Å². The Hall–Kier alpha value is -3.09. The number of hydrogen-bond acceptors (Lipinski definition) is 5. The van der Waals surface area contributed by atoms with Gasteiger partial charge in [-0.05, 0) is 36.0 Å². The van der Waals surface area contributed by atoms with Crippen LogP contribution in [0, 0.1) is 5.82 Å². The first-order valence-corrected chi connectivity index (χ1v) is 10.7. The zero-order valence-corrected chi connectivity index (χ0v) is 18.2. The summed E-state index contributed by atoms with van der Waals surface area (Å²) in [7, 11) is 0. The number of carbonyl (C=O) groups is 1. The number of nitrogens with one attached hydrogen (secondary N) is 1. The van der Waals surface area contributed by atoms with Gasteiger partial charge in [0, 0.05) is 18.4 Å². The molecule has 1 aliphatic carbocycles. The van der Waals surface area contributed by atoms with Crippen molar-refractivity contribution in [1.82, 2.24) is 5.06 Å². The summed E-state index contributed by atoms with van der Waals surface area (Å²) in [5, 5.41) is 8.24. The lowest BCUT2D eigenvalue weighted by Crippen LogP contribution is -2.51. The Morgan fingerprint density at radius 3 is 2.42 bits per heavy atom. The van der Waals surface area contributed by atoms with E-state index in [9.17, 15) is 9.18 Å². The molecule has 0 atom stereocenters. The molecule has 0 bridgehead atoms. The van der Waals surface area contributed by atoms with Gasteiger partial charge in [0.05, 0.1) is 5.69 Å². The van der Waals surface area contributed by atoms with Crippen LogP contribution in [0.2, 0.25) is 0 Å². The second-order valence-corrected chi connectivity index (χ2v) is 9.12. The lowest BCUT2D eigenvalue weighted by Gasteiger charge is -2.37. The third-order valence-electron chi connectivity index (χ3n) is 5.79. The van der Waals surface area contributed by atoms with Crippen molar-refractivity contribution in [2.45, 2.75) is 64.0 Å². The first kappa shape index (κ1) is 21.2. The maximum Gasteiger partial charge on any atom is 0.436 e. The highest BCUT2D eigenvalue weighted by atomic mass is 19.1. The van der Waals surface area contributed by atoms with Crippen molar-refractivity contribution in [3.8, 4) is 0 Å². The summed E-state index contributed by atoms with van der Waals surface area (Å²) < 4.78 is 14.0. The molecule has 6 nitrogen and oxygen atoms in total. The molecule has 1 heterocycles. The number of para-hydroxylation sites is 1. The molecule has 31 heavy (non-hydrogen) atoms. The molecular weight excluding hydrogens is 397 g/mol. The normalized spacial score (nSPS) is 17.8. The van der Waals surface area contributed by atoms with E-state index in [0.717, 1.165) is 24.8 Å². The van der Waals surface area contributed by atoms with Gasteiger partial charge < -0.3 is 9.68 Å². The minimum atomic E-state index is -0.831. The molecule has 0 aromatic heterocycles. The summed E-state index contributed by atoms with van der Waals surface area (Å²) in [6.45, 7) is 6.45. The fraction of sp³-hybridized carbons (Fsp3) is 0.417. The molecule has 1 spiro atoms. The number of amidine groups is 1. The van der Waals surface area contributed by atoms with Crippen molar-refractivity contribution in [2.24, 2.45) is 5.16 Å². The SMILES string of the molecule is CC(C)(C)c1ccc(C2=NOC3(CCCCC3)N2OC(=O)Nc2ccccc2F)cc1. The van der Waals surface area contributed by atoms with Crippen LogP contribution in [0.1, 0.15) is 64.0 Å². The summed E-state index contributed by atoms with van der Waals surface area (Å²) >= 11 is 0. The highest BCUT2D eigenvalue weighted by Crippen LogP contribution is 2.40. The lowest BCUT2D eigenvalue weighted by atomic mass is 9.86. The number of hydrogen-bond donors (Lipinski definition) is 1. The molecule has 2 aromatic rings. The summed E-state index contributed by atoms with van der Waals surface area (Å²) in [5.41, 5.74) is 1.22. The minimum Gasteiger partial charge on any atom is -0.362 e. The van der Waals surface area contributed by atoms with Crippen molar-refractivity contribution in [2.75, 3.05) is 5.32 Å². The van der Waals surface area contributed by atoms with E-state index in [2.05, 4.69) is 31.2 Å². The van der Waals surface area contributed by atoms with E-state index >= 15 is 0 Å². The molecule has 1 amide bonds. The van der Waals surface area contributed by atoms with Crippen molar-refractivity contribution in [1.29, 1.82) is 0 Å². The zero-order valence-electron chi connectivity index (χ0n) is 18.2. The Labute approximate surface area is 182 Å². The van der Waals surface area contributed by atoms with E-state index in [1.54, 1.807) is 12.1 Å². The fourth-order valence-corrected chi connectivity index (χ4v) is 3.99. The smallest absolute Gasteiger partial charge is 0.362 e. The van der Waals surface area contributed by atoms with E-state index in [1.807, 2.05) is 24.3 Å². The summed E-state index contributed by atoms with van der Waals surface area (Å²) in [5.74, 6) is -0.0952. The molecule has 0 unspecified atom stereocenters. The van der Waals surface area contributed by atoms with Gasteiger partial charge in [-0.15, -0.1) is 5.06 Å². The number of amides is 1. The summed E-state index contributed by atoms with van der Waals surface area (Å²) in [6, 6.07) is 14.0. The number of carbonyl (C=O) groups excluding carboxylic acids is 1. The number of anilines is 1.